The van der Waals surface area contributed by atoms with E-state index in [1.807, 2.05) is 23.2 Å². The van der Waals surface area contributed by atoms with Gasteiger partial charge >= 0.3 is 0 Å². The van der Waals surface area contributed by atoms with Crippen molar-refractivity contribution in [3.8, 4) is 0 Å². The molecule has 2 rings (SSSR count). The molecule has 0 amide bonds. The summed E-state index contributed by atoms with van der Waals surface area (Å²) in [6.45, 7) is 4.30. The van der Waals surface area contributed by atoms with Gasteiger partial charge in [-0.2, -0.15) is 0 Å². The van der Waals surface area contributed by atoms with Crippen LogP contribution in [0, 0.1) is 6.54 Å². The zero-order chi connectivity index (χ0) is 9.10. The molecule has 0 fully saturated rings. The van der Waals surface area contributed by atoms with Gasteiger partial charge in [0.15, 0.2) is 0 Å². The molecule has 3 nitrogen and oxygen atoms in total. The van der Waals surface area contributed by atoms with E-state index < -0.39 is 0 Å². The average molecular weight is 174 g/mol. The molecule has 2 heterocycles. The molecule has 0 aliphatic rings. The molecule has 13 heavy (non-hydrogen) atoms. The summed E-state index contributed by atoms with van der Waals surface area (Å²) in [7, 11) is 0. The first kappa shape index (κ1) is 8.23. The normalized spacial score (nSPS) is 10.8. The van der Waals surface area contributed by atoms with Crippen molar-refractivity contribution in [3.63, 3.8) is 0 Å². The standard InChI is InChI=1S/C10H12N3/c1-2-3-6-13-8-12-9-4-5-11-7-10(9)13/h4-8H,2-3H2,1H3. The summed E-state index contributed by atoms with van der Waals surface area (Å²) < 4.78 is 2.03. The van der Waals surface area contributed by atoms with Crippen molar-refractivity contribution in [2.24, 2.45) is 0 Å². The van der Waals surface area contributed by atoms with E-state index in [9.17, 15) is 0 Å². The fraction of sp³-hybridized carbons (Fsp3) is 0.300. The van der Waals surface area contributed by atoms with Crippen LogP contribution in [0.2, 0.25) is 0 Å². The largest absolute Gasteiger partial charge is 0.324 e. The number of aromatic nitrogens is 3. The predicted molar refractivity (Wildman–Crippen MR) is 52.1 cm³/mol. The Labute approximate surface area is 77.4 Å². The Morgan fingerprint density at radius 1 is 1.54 bits per heavy atom. The van der Waals surface area contributed by atoms with E-state index in [1.165, 1.54) is 0 Å². The van der Waals surface area contributed by atoms with Gasteiger partial charge in [-0.25, -0.2) is 4.98 Å². The minimum Gasteiger partial charge on any atom is -0.324 e. The number of fused-ring (bicyclic) bond motifs is 1. The molecule has 0 atom stereocenters. The second-order valence-electron chi connectivity index (χ2n) is 2.99. The van der Waals surface area contributed by atoms with Crippen molar-refractivity contribution in [3.05, 3.63) is 31.3 Å². The third-order valence-electron chi connectivity index (χ3n) is 1.99. The van der Waals surface area contributed by atoms with Crippen molar-refractivity contribution in [1.82, 2.24) is 14.5 Å². The highest BCUT2D eigenvalue weighted by Crippen LogP contribution is 2.11. The van der Waals surface area contributed by atoms with Gasteiger partial charge in [-0.15, -0.1) is 0 Å². The minimum atomic E-state index is 1.00. The number of hydrogen-bond acceptors (Lipinski definition) is 2. The van der Waals surface area contributed by atoms with E-state index >= 15 is 0 Å². The molecule has 0 unspecified atom stereocenters. The topological polar surface area (TPSA) is 30.7 Å². The molecule has 67 valence electrons. The van der Waals surface area contributed by atoms with Gasteiger partial charge in [0.1, 0.15) is 0 Å². The van der Waals surface area contributed by atoms with Gasteiger partial charge < -0.3 is 4.57 Å². The Kier molecular flexibility index (Phi) is 2.25. The summed E-state index contributed by atoms with van der Waals surface area (Å²) in [5, 5.41) is 0. The maximum atomic E-state index is 4.26. The van der Waals surface area contributed by atoms with Gasteiger partial charge in [0.2, 0.25) is 0 Å². The third kappa shape index (κ3) is 1.54. The van der Waals surface area contributed by atoms with E-state index in [-0.39, 0.29) is 0 Å². The zero-order valence-corrected chi connectivity index (χ0v) is 7.64. The van der Waals surface area contributed by atoms with Crippen LogP contribution in [0.25, 0.3) is 11.0 Å². The van der Waals surface area contributed by atoms with Crippen LogP contribution < -0.4 is 0 Å². The fourth-order valence-corrected chi connectivity index (χ4v) is 1.29. The van der Waals surface area contributed by atoms with Crippen LogP contribution >= 0.6 is 0 Å². The van der Waals surface area contributed by atoms with Gasteiger partial charge in [-0.1, -0.05) is 13.3 Å². The quantitative estimate of drug-likeness (QED) is 0.714. The lowest BCUT2D eigenvalue weighted by Crippen LogP contribution is -1.92. The number of pyridine rings is 1. The first-order chi connectivity index (χ1) is 6.42. The number of hydrogen-bond donors (Lipinski definition) is 0. The lowest BCUT2D eigenvalue weighted by Gasteiger charge is -1.99. The van der Waals surface area contributed by atoms with E-state index in [0.717, 1.165) is 23.9 Å². The second kappa shape index (κ2) is 3.56. The average Bonchev–Trinajstić information content (AvgIpc) is 2.58. The zero-order valence-electron chi connectivity index (χ0n) is 7.64. The van der Waals surface area contributed by atoms with Gasteiger partial charge in [-0.05, 0) is 12.5 Å². The van der Waals surface area contributed by atoms with Crippen molar-refractivity contribution in [2.75, 3.05) is 0 Å². The van der Waals surface area contributed by atoms with Crippen molar-refractivity contribution >= 4 is 11.0 Å². The van der Waals surface area contributed by atoms with E-state index in [1.54, 1.807) is 6.20 Å². The number of unbranched alkanes of at least 4 members (excludes halogenated alkanes) is 1. The Balaban J connectivity index is 2.35. The van der Waals surface area contributed by atoms with Crippen LogP contribution in [0.15, 0.2) is 24.8 Å². The lowest BCUT2D eigenvalue weighted by atomic mass is 10.3. The maximum Gasteiger partial charge on any atom is 0.0962 e. The summed E-state index contributed by atoms with van der Waals surface area (Å²) in [5.74, 6) is 0. The monoisotopic (exact) mass is 174 g/mol. The number of rotatable bonds is 3. The summed E-state index contributed by atoms with van der Waals surface area (Å²) in [4.78, 5) is 8.34. The first-order valence-electron chi connectivity index (χ1n) is 4.51. The summed E-state index contributed by atoms with van der Waals surface area (Å²) in [6, 6.07) is 1.92. The molecular formula is C10H12N3. The van der Waals surface area contributed by atoms with Crippen LogP contribution in [-0.2, 0) is 0 Å². The fourth-order valence-electron chi connectivity index (χ4n) is 1.29. The maximum absolute atomic E-state index is 4.26. The molecule has 0 aromatic carbocycles. The van der Waals surface area contributed by atoms with Crippen LogP contribution in [-0.4, -0.2) is 14.5 Å². The third-order valence-corrected chi connectivity index (χ3v) is 1.99. The molecule has 2 aromatic rings. The molecular weight excluding hydrogens is 162 g/mol. The van der Waals surface area contributed by atoms with Gasteiger partial charge in [-0.3, -0.25) is 4.98 Å². The molecule has 0 aliphatic heterocycles. The molecule has 0 N–H and O–H groups in total. The second-order valence-corrected chi connectivity index (χ2v) is 2.99. The molecule has 0 saturated heterocycles. The smallest absolute Gasteiger partial charge is 0.0962 e. The molecule has 2 aromatic heterocycles. The summed E-state index contributed by atoms with van der Waals surface area (Å²) >= 11 is 0. The highest BCUT2D eigenvalue weighted by atomic mass is 15.0. The summed E-state index contributed by atoms with van der Waals surface area (Å²) in [5.41, 5.74) is 2.08. The highest BCUT2D eigenvalue weighted by molar-refractivity contribution is 5.74. The number of imidazole rings is 1. The molecule has 0 aliphatic carbocycles. The lowest BCUT2D eigenvalue weighted by molar-refractivity contribution is 0.810. The first-order valence-corrected chi connectivity index (χ1v) is 4.51. The van der Waals surface area contributed by atoms with E-state index in [4.69, 9.17) is 0 Å². The molecule has 0 bridgehead atoms. The van der Waals surface area contributed by atoms with Crippen molar-refractivity contribution in [1.29, 1.82) is 0 Å². The molecule has 1 radical (unpaired) electrons. The molecule has 0 saturated carbocycles. The Morgan fingerprint density at radius 2 is 2.46 bits per heavy atom. The van der Waals surface area contributed by atoms with E-state index in [2.05, 4.69) is 23.4 Å². The summed E-state index contributed by atoms with van der Waals surface area (Å²) in [6.07, 6.45) is 7.66. The van der Waals surface area contributed by atoms with Crippen molar-refractivity contribution in [2.45, 2.75) is 19.8 Å². The van der Waals surface area contributed by atoms with Crippen LogP contribution in [0.3, 0.4) is 0 Å². The molecule has 3 heteroatoms. The van der Waals surface area contributed by atoms with Crippen LogP contribution in [0.5, 0.6) is 0 Å². The highest BCUT2D eigenvalue weighted by Gasteiger charge is 2.00. The van der Waals surface area contributed by atoms with Crippen molar-refractivity contribution < 1.29 is 0 Å². The Bertz CT molecular complexity index is 392. The Hall–Kier alpha value is -1.38. The predicted octanol–water partition coefficient (Wildman–Crippen LogP) is 2.24. The van der Waals surface area contributed by atoms with Gasteiger partial charge in [0.05, 0.1) is 30.1 Å². The van der Waals surface area contributed by atoms with Gasteiger partial charge in [0, 0.05) is 6.20 Å². The minimum absolute atomic E-state index is 1.00. The number of nitrogens with zero attached hydrogens (tertiary/aromatic N) is 3. The molecule has 0 spiro atoms. The van der Waals surface area contributed by atoms with Crippen LogP contribution in [0.1, 0.15) is 19.8 Å². The van der Waals surface area contributed by atoms with E-state index in [0.29, 0.717) is 0 Å². The SMILES string of the molecule is CCC[CH]n1cnc2ccncc21. The van der Waals surface area contributed by atoms with Crippen LogP contribution in [0.4, 0.5) is 0 Å². The Morgan fingerprint density at radius 3 is 3.31 bits per heavy atom. The van der Waals surface area contributed by atoms with Gasteiger partial charge in [0.25, 0.3) is 0 Å².